The molecule has 24 heavy (non-hydrogen) atoms. The molecule has 0 saturated carbocycles. The molecular formula is C18H19NO5. The van der Waals surface area contributed by atoms with Gasteiger partial charge in [0.1, 0.15) is 11.5 Å². The van der Waals surface area contributed by atoms with Crippen LogP contribution in [0.2, 0.25) is 0 Å². The van der Waals surface area contributed by atoms with Crippen LogP contribution in [-0.4, -0.2) is 32.7 Å². The summed E-state index contributed by atoms with van der Waals surface area (Å²) in [5.41, 5.74) is 1.33. The average molecular weight is 329 g/mol. The number of methoxy groups -OCH3 is 2. The summed E-state index contributed by atoms with van der Waals surface area (Å²) in [5, 5.41) is 2.64. The second-order valence-electron chi connectivity index (χ2n) is 4.97. The number of anilines is 1. The van der Waals surface area contributed by atoms with Crippen molar-refractivity contribution >= 4 is 17.6 Å². The smallest absolute Gasteiger partial charge is 0.310 e. The lowest BCUT2D eigenvalue weighted by Gasteiger charge is -2.08. The van der Waals surface area contributed by atoms with Crippen molar-refractivity contribution in [3.05, 3.63) is 54.1 Å². The van der Waals surface area contributed by atoms with Crippen LogP contribution in [0.5, 0.6) is 11.5 Å². The summed E-state index contributed by atoms with van der Waals surface area (Å²) in [6.07, 6.45) is 0.0731. The average Bonchev–Trinajstić information content (AvgIpc) is 2.60. The molecule has 1 N–H and O–H groups in total. The van der Waals surface area contributed by atoms with E-state index in [4.69, 9.17) is 14.2 Å². The van der Waals surface area contributed by atoms with Gasteiger partial charge in [-0.2, -0.15) is 0 Å². The van der Waals surface area contributed by atoms with Gasteiger partial charge in [0.25, 0.3) is 5.91 Å². The Morgan fingerprint density at radius 2 is 1.62 bits per heavy atom. The fourth-order valence-electron chi connectivity index (χ4n) is 2.04. The first-order valence-corrected chi connectivity index (χ1v) is 7.33. The fraction of sp³-hybridized carbons (Fsp3) is 0.222. The minimum absolute atomic E-state index is 0.0731. The molecule has 0 saturated heterocycles. The molecular weight excluding hydrogens is 310 g/mol. The van der Waals surface area contributed by atoms with Gasteiger partial charge < -0.3 is 19.5 Å². The maximum atomic E-state index is 11.8. The second kappa shape index (κ2) is 8.57. The first kappa shape index (κ1) is 17.3. The van der Waals surface area contributed by atoms with E-state index in [-0.39, 0.29) is 13.0 Å². The third kappa shape index (κ3) is 5.31. The summed E-state index contributed by atoms with van der Waals surface area (Å²) in [4.78, 5) is 23.6. The topological polar surface area (TPSA) is 73.9 Å². The summed E-state index contributed by atoms with van der Waals surface area (Å²) in [6.45, 7) is -0.347. The summed E-state index contributed by atoms with van der Waals surface area (Å²) in [7, 11) is 3.10. The van der Waals surface area contributed by atoms with Crippen LogP contribution in [0.4, 0.5) is 5.69 Å². The van der Waals surface area contributed by atoms with E-state index in [0.717, 1.165) is 5.56 Å². The molecule has 0 aliphatic heterocycles. The lowest BCUT2D eigenvalue weighted by Crippen LogP contribution is -2.21. The highest BCUT2D eigenvalue weighted by Gasteiger charge is 2.10. The molecule has 2 aromatic carbocycles. The van der Waals surface area contributed by atoms with Crippen LogP contribution in [0.15, 0.2) is 48.5 Å². The minimum atomic E-state index is -0.482. The summed E-state index contributed by atoms with van der Waals surface area (Å²) in [5.74, 6) is 0.394. The Balaban J connectivity index is 1.81. The van der Waals surface area contributed by atoms with E-state index in [9.17, 15) is 9.59 Å². The number of hydrogen-bond acceptors (Lipinski definition) is 5. The zero-order valence-electron chi connectivity index (χ0n) is 13.6. The van der Waals surface area contributed by atoms with Crippen LogP contribution in [0.25, 0.3) is 0 Å². The predicted octanol–water partition coefficient (Wildman–Crippen LogP) is 2.43. The Morgan fingerprint density at radius 1 is 0.958 bits per heavy atom. The van der Waals surface area contributed by atoms with Crippen molar-refractivity contribution in [3.63, 3.8) is 0 Å². The number of nitrogens with one attached hydrogen (secondary N) is 1. The van der Waals surface area contributed by atoms with Gasteiger partial charge in [0.05, 0.1) is 20.6 Å². The van der Waals surface area contributed by atoms with E-state index < -0.39 is 11.9 Å². The van der Waals surface area contributed by atoms with Crippen molar-refractivity contribution in [2.45, 2.75) is 6.42 Å². The molecule has 0 atom stereocenters. The van der Waals surface area contributed by atoms with Gasteiger partial charge in [0.15, 0.2) is 6.61 Å². The quantitative estimate of drug-likeness (QED) is 0.790. The van der Waals surface area contributed by atoms with Gasteiger partial charge in [0, 0.05) is 11.8 Å². The largest absolute Gasteiger partial charge is 0.497 e. The van der Waals surface area contributed by atoms with E-state index in [1.165, 1.54) is 0 Å². The third-order valence-corrected chi connectivity index (χ3v) is 3.20. The van der Waals surface area contributed by atoms with Crippen LogP contribution in [0, 0.1) is 0 Å². The van der Waals surface area contributed by atoms with Crippen LogP contribution in [0.1, 0.15) is 5.56 Å². The lowest BCUT2D eigenvalue weighted by atomic mass is 10.1. The van der Waals surface area contributed by atoms with Crippen LogP contribution < -0.4 is 14.8 Å². The molecule has 0 bridgehead atoms. The number of amides is 1. The van der Waals surface area contributed by atoms with E-state index in [0.29, 0.717) is 17.2 Å². The van der Waals surface area contributed by atoms with Crippen molar-refractivity contribution in [2.75, 3.05) is 26.1 Å². The number of esters is 1. The van der Waals surface area contributed by atoms with Gasteiger partial charge in [-0.25, -0.2) is 0 Å². The first-order chi connectivity index (χ1) is 11.6. The Labute approximate surface area is 140 Å². The molecule has 126 valence electrons. The van der Waals surface area contributed by atoms with E-state index in [1.807, 2.05) is 0 Å². The third-order valence-electron chi connectivity index (χ3n) is 3.20. The van der Waals surface area contributed by atoms with Crippen LogP contribution >= 0.6 is 0 Å². The zero-order valence-corrected chi connectivity index (χ0v) is 13.6. The summed E-state index contributed by atoms with van der Waals surface area (Å²) >= 11 is 0. The van der Waals surface area contributed by atoms with Crippen molar-refractivity contribution < 1.29 is 23.8 Å². The number of carbonyl (C=O) groups is 2. The first-order valence-electron chi connectivity index (χ1n) is 7.33. The molecule has 0 heterocycles. The Hall–Kier alpha value is -3.02. The molecule has 0 aliphatic carbocycles. The highest BCUT2D eigenvalue weighted by Crippen LogP contribution is 2.16. The van der Waals surface area contributed by atoms with Gasteiger partial charge in [0.2, 0.25) is 0 Å². The maximum absolute atomic E-state index is 11.8. The monoisotopic (exact) mass is 329 g/mol. The normalized spacial score (nSPS) is 9.92. The van der Waals surface area contributed by atoms with E-state index >= 15 is 0 Å². The van der Waals surface area contributed by atoms with Crippen molar-refractivity contribution in [1.82, 2.24) is 0 Å². The molecule has 2 rings (SSSR count). The lowest BCUT2D eigenvalue weighted by molar-refractivity contribution is -0.146. The molecule has 0 unspecified atom stereocenters. The Kier molecular flexibility index (Phi) is 6.19. The molecule has 2 aromatic rings. The zero-order chi connectivity index (χ0) is 17.4. The molecule has 6 nitrogen and oxygen atoms in total. The highest BCUT2D eigenvalue weighted by molar-refractivity contribution is 5.93. The Bertz CT molecular complexity index is 653. The van der Waals surface area contributed by atoms with Gasteiger partial charge in [-0.15, -0.1) is 0 Å². The van der Waals surface area contributed by atoms with Gasteiger partial charge in [-0.3, -0.25) is 9.59 Å². The van der Waals surface area contributed by atoms with Gasteiger partial charge >= 0.3 is 5.97 Å². The van der Waals surface area contributed by atoms with Crippen LogP contribution in [0.3, 0.4) is 0 Å². The molecule has 0 fully saturated rings. The number of rotatable bonds is 7. The second-order valence-corrected chi connectivity index (χ2v) is 4.97. The molecule has 1 amide bonds. The van der Waals surface area contributed by atoms with E-state index in [2.05, 4.69) is 5.32 Å². The van der Waals surface area contributed by atoms with E-state index in [1.54, 1.807) is 62.8 Å². The standard InChI is InChI=1S/C18H19NO5/c1-22-15-7-3-5-13(9-15)10-18(21)24-12-17(20)19-14-6-4-8-16(11-14)23-2/h3-9,11H,10,12H2,1-2H3,(H,19,20). The number of ether oxygens (including phenoxy) is 3. The number of carbonyl (C=O) groups excluding carboxylic acids is 2. The highest BCUT2D eigenvalue weighted by atomic mass is 16.5. The Morgan fingerprint density at radius 3 is 2.33 bits per heavy atom. The van der Waals surface area contributed by atoms with Crippen molar-refractivity contribution in [2.24, 2.45) is 0 Å². The predicted molar refractivity (Wildman–Crippen MR) is 89.3 cm³/mol. The SMILES string of the molecule is COc1cccc(CC(=O)OCC(=O)Nc2cccc(OC)c2)c1. The van der Waals surface area contributed by atoms with Gasteiger partial charge in [-0.05, 0) is 29.8 Å². The number of hydrogen-bond donors (Lipinski definition) is 1. The molecule has 6 heteroatoms. The minimum Gasteiger partial charge on any atom is -0.497 e. The molecule has 0 radical (unpaired) electrons. The molecule has 0 aliphatic rings. The summed E-state index contributed by atoms with van der Waals surface area (Å²) < 4.78 is 15.2. The van der Waals surface area contributed by atoms with Crippen molar-refractivity contribution in [3.8, 4) is 11.5 Å². The fourth-order valence-corrected chi connectivity index (χ4v) is 2.04. The van der Waals surface area contributed by atoms with Crippen LogP contribution in [-0.2, 0) is 20.7 Å². The number of benzene rings is 2. The summed E-state index contributed by atoms with van der Waals surface area (Å²) in [6, 6.07) is 14.0. The van der Waals surface area contributed by atoms with Gasteiger partial charge in [-0.1, -0.05) is 18.2 Å². The maximum Gasteiger partial charge on any atom is 0.310 e. The van der Waals surface area contributed by atoms with Crippen molar-refractivity contribution in [1.29, 1.82) is 0 Å². The molecule has 0 aromatic heterocycles. The molecule has 0 spiro atoms.